The number of rotatable bonds is 6. The minimum absolute atomic E-state index is 0.0135. The molecule has 0 aliphatic carbocycles. The summed E-state index contributed by atoms with van der Waals surface area (Å²) in [5.41, 5.74) is 1.83. The van der Waals surface area contributed by atoms with Gasteiger partial charge in [-0.25, -0.2) is 4.68 Å². The van der Waals surface area contributed by atoms with Crippen LogP contribution in [0.4, 0.5) is 19.0 Å². The molecule has 1 amide bonds. The Balaban J connectivity index is 1.47. The van der Waals surface area contributed by atoms with Crippen LogP contribution in [-0.2, 0) is 13.1 Å². The van der Waals surface area contributed by atoms with Gasteiger partial charge in [0, 0.05) is 30.5 Å². The number of nitrogens with one attached hydrogen (secondary N) is 1. The molecule has 1 N–H and O–H groups in total. The van der Waals surface area contributed by atoms with Crippen molar-refractivity contribution in [1.82, 2.24) is 14.7 Å². The van der Waals surface area contributed by atoms with Crippen molar-refractivity contribution in [1.29, 1.82) is 0 Å². The van der Waals surface area contributed by atoms with Gasteiger partial charge < -0.3 is 10.2 Å². The van der Waals surface area contributed by atoms with Crippen LogP contribution in [0.2, 0.25) is 0 Å². The number of hydrogen-bond acceptors (Lipinski definition) is 4. The Kier molecular flexibility index (Phi) is 6.34. The van der Waals surface area contributed by atoms with Crippen LogP contribution in [0.5, 0.6) is 0 Å². The normalized spacial score (nSPS) is 17.5. The van der Waals surface area contributed by atoms with E-state index in [4.69, 9.17) is 0 Å². The van der Waals surface area contributed by atoms with E-state index in [0.717, 1.165) is 20.7 Å². The lowest BCUT2D eigenvalue weighted by Gasteiger charge is -2.32. The first-order valence-corrected chi connectivity index (χ1v) is 12.1. The molecule has 0 radical (unpaired) electrons. The van der Waals surface area contributed by atoms with E-state index in [9.17, 15) is 18.0 Å². The molecule has 5 nitrogen and oxygen atoms in total. The Morgan fingerprint density at radius 2 is 1.63 bits per heavy atom. The molecule has 180 valence electrons. The maximum atomic E-state index is 14.0. The summed E-state index contributed by atoms with van der Waals surface area (Å²) in [5.74, 6) is -0.227. The lowest BCUT2D eigenvalue weighted by Crippen LogP contribution is -2.35. The summed E-state index contributed by atoms with van der Waals surface area (Å²) in [6.45, 7) is 0.620. The molecule has 35 heavy (non-hydrogen) atoms. The third-order valence-electron chi connectivity index (χ3n) is 6.02. The molecule has 5 rings (SSSR count). The fourth-order valence-electron chi connectivity index (χ4n) is 4.32. The molecule has 2 aromatic heterocycles. The number of amides is 1. The smallest absolute Gasteiger partial charge is 0.363 e. The molecule has 0 fully saturated rings. The molecule has 9 heteroatoms. The summed E-state index contributed by atoms with van der Waals surface area (Å²) in [7, 11) is 0. The number of carbonyl (C=O) groups excluding carboxylic acids is 1. The third-order valence-corrected chi connectivity index (χ3v) is 7.00. The van der Waals surface area contributed by atoms with Gasteiger partial charge in [0.2, 0.25) is 0 Å². The molecule has 1 aliphatic rings. The Bertz CT molecular complexity index is 1230. The predicted molar refractivity (Wildman–Crippen MR) is 129 cm³/mol. The number of anilines is 1. The maximum Gasteiger partial charge on any atom is 0.410 e. The lowest BCUT2D eigenvalue weighted by molar-refractivity contribution is -0.173. The number of hydrogen-bond donors (Lipinski definition) is 1. The van der Waals surface area contributed by atoms with E-state index < -0.39 is 24.2 Å². The lowest BCUT2D eigenvalue weighted by atomic mass is 10.0. The van der Waals surface area contributed by atoms with Crippen molar-refractivity contribution in [3.63, 3.8) is 0 Å². The van der Waals surface area contributed by atoms with Crippen LogP contribution in [0.25, 0.3) is 0 Å². The second kappa shape index (κ2) is 9.58. The molecular weight excluding hydrogens is 473 g/mol. The van der Waals surface area contributed by atoms with Crippen LogP contribution in [0.1, 0.15) is 45.0 Å². The number of nitrogens with zero attached hydrogens (tertiary/aromatic N) is 3. The van der Waals surface area contributed by atoms with Crippen molar-refractivity contribution in [3.05, 3.63) is 106 Å². The molecule has 3 heterocycles. The van der Waals surface area contributed by atoms with Crippen molar-refractivity contribution in [2.24, 2.45) is 0 Å². The number of fused-ring (bicyclic) bond motifs is 1. The monoisotopic (exact) mass is 496 g/mol. The fraction of sp³-hybridized carbons (Fsp3) is 0.231. The number of halogens is 3. The van der Waals surface area contributed by atoms with Crippen molar-refractivity contribution in [3.8, 4) is 0 Å². The zero-order chi connectivity index (χ0) is 24.4. The predicted octanol–water partition coefficient (Wildman–Crippen LogP) is 6.45. The molecule has 0 spiro atoms. The van der Waals surface area contributed by atoms with E-state index in [1.54, 1.807) is 4.90 Å². The van der Waals surface area contributed by atoms with Gasteiger partial charge in [-0.15, -0.1) is 11.3 Å². The van der Waals surface area contributed by atoms with E-state index in [0.29, 0.717) is 13.1 Å². The Morgan fingerprint density at radius 1 is 1.00 bits per heavy atom. The average molecular weight is 497 g/mol. The zero-order valence-electron chi connectivity index (χ0n) is 18.7. The van der Waals surface area contributed by atoms with Gasteiger partial charge in [0.25, 0.3) is 5.91 Å². The van der Waals surface area contributed by atoms with E-state index in [2.05, 4.69) is 10.4 Å². The zero-order valence-corrected chi connectivity index (χ0v) is 19.5. The summed E-state index contributed by atoms with van der Waals surface area (Å²) in [6.07, 6.45) is -4.68. The Morgan fingerprint density at radius 3 is 2.17 bits per heavy atom. The highest BCUT2D eigenvalue weighted by Gasteiger charge is 2.47. The molecule has 0 saturated carbocycles. The van der Waals surface area contributed by atoms with Crippen molar-refractivity contribution < 1.29 is 18.0 Å². The van der Waals surface area contributed by atoms with Crippen molar-refractivity contribution in [2.75, 3.05) is 5.32 Å². The van der Waals surface area contributed by atoms with E-state index in [-0.39, 0.29) is 17.9 Å². The van der Waals surface area contributed by atoms with Crippen LogP contribution < -0.4 is 5.32 Å². The highest BCUT2D eigenvalue weighted by Crippen LogP contribution is 2.44. The third kappa shape index (κ3) is 5.09. The topological polar surface area (TPSA) is 50.2 Å². The first-order chi connectivity index (χ1) is 16.9. The summed E-state index contributed by atoms with van der Waals surface area (Å²) in [4.78, 5) is 16.0. The molecule has 4 aromatic rings. The Hall–Kier alpha value is -3.59. The number of alkyl halides is 3. The van der Waals surface area contributed by atoms with Gasteiger partial charge in [0.15, 0.2) is 11.7 Å². The standard InChI is InChI=1S/C26H23F3N4OS/c27-26(28,29)23-14-20(22-12-7-13-35-22)30-24-15-21(31-33(23)24)25(34)32(16-18-8-3-1-4-9-18)17-19-10-5-2-6-11-19/h1-13,15,20,23,30H,14,16-17H2. The van der Waals surface area contributed by atoms with Gasteiger partial charge in [-0.05, 0) is 22.6 Å². The maximum absolute atomic E-state index is 14.0. The van der Waals surface area contributed by atoms with Gasteiger partial charge in [-0.3, -0.25) is 4.79 Å². The van der Waals surface area contributed by atoms with E-state index in [1.807, 2.05) is 78.2 Å². The molecule has 2 atom stereocenters. The van der Waals surface area contributed by atoms with Gasteiger partial charge in [0.05, 0.1) is 6.04 Å². The average Bonchev–Trinajstić information content (AvgIpc) is 3.53. The molecule has 2 aromatic carbocycles. The first kappa shape index (κ1) is 23.2. The Labute approximate surface area is 204 Å². The molecular formula is C26H23F3N4OS. The van der Waals surface area contributed by atoms with Crippen LogP contribution in [0.15, 0.2) is 84.2 Å². The second-order valence-corrected chi connectivity index (χ2v) is 9.48. The quantitative estimate of drug-likeness (QED) is 0.334. The largest absolute Gasteiger partial charge is 0.410 e. The summed E-state index contributed by atoms with van der Waals surface area (Å²) in [5, 5.41) is 9.16. The van der Waals surface area contributed by atoms with E-state index in [1.165, 1.54) is 17.4 Å². The van der Waals surface area contributed by atoms with Crippen molar-refractivity contribution >= 4 is 23.1 Å². The highest BCUT2D eigenvalue weighted by molar-refractivity contribution is 7.10. The number of aromatic nitrogens is 2. The van der Waals surface area contributed by atoms with E-state index >= 15 is 0 Å². The number of carbonyl (C=O) groups is 1. The van der Waals surface area contributed by atoms with Gasteiger partial charge in [-0.1, -0.05) is 66.7 Å². The van der Waals surface area contributed by atoms with Crippen LogP contribution in [-0.4, -0.2) is 26.8 Å². The molecule has 2 unspecified atom stereocenters. The van der Waals surface area contributed by atoms with Crippen LogP contribution in [0, 0.1) is 0 Å². The van der Waals surface area contributed by atoms with Crippen LogP contribution in [0.3, 0.4) is 0 Å². The first-order valence-electron chi connectivity index (χ1n) is 11.2. The number of thiophene rings is 1. The molecule has 0 bridgehead atoms. The van der Waals surface area contributed by atoms with Gasteiger partial charge in [-0.2, -0.15) is 18.3 Å². The summed E-state index contributed by atoms with van der Waals surface area (Å²) >= 11 is 1.40. The fourth-order valence-corrected chi connectivity index (χ4v) is 5.11. The number of benzene rings is 2. The highest BCUT2D eigenvalue weighted by atomic mass is 32.1. The molecule has 1 aliphatic heterocycles. The minimum atomic E-state index is -4.49. The van der Waals surface area contributed by atoms with Crippen molar-refractivity contribution in [2.45, 2.75) is 37.8 Å². The summed E-state index contributed by atoms with van der Waals surface area (Å²) < 4.78 is 42.9. The summed E-state index contributed by atoms with van der Waals surface area (Å²) in [6, 6.07) is 21.7. The molecule has 0 saturated heterocycles. The van der Waals surface area contributed by atoms with Gasteiger partial charge in [0.1, 0.15) is 5.82 Å². The van der Waals surface area contributed by atoms with Crippen LogP contribution >= 0.6 is 11.3 Å². The second-order valence-electron chi connectivity index (χ2n) is 8.50. The minimum Gasteiger partial charge on any atom is -0.363 e. The van der Waals surface area contributed by atoms with Gasteiger partial charge >= 0.3 is 6.18 Å². The SMILES string of the molecule is O=C(c1cc2n(n1)C(C(F)(F)F)CC(c1cccs1)N2)N(Cc1ccccc1)Cc1ccccc1.